The molecular weight excluding hydrogens is 274 g/mol. The van der Waals surface area contributed by atoms with Crippen molar-refractivity contribution in [2.75, 3.05) is 26.7 Å². The molecule has 1 aliphatic rings. The van der Waals surface area contributed by atoms with Crippen molar-refractivity contribution in [1.82, 2.24) is 15.1 Å². The molecule has 0 radical (unpaired) electrons. The predicted octanol–water partition coefficient (Wildman–Crippen LogP) is 0.894. The van der Waals surface area contributed by atoms with Gasteiger partial charge in [0, 0.05) is 20.1 Å². The number of carbonyl (C=O) groups is 3. The van der Waals surface area contributed by atoms with Crippen LogP contribution in [0.3, 0.4) is 0 Å². The number of amides is 3. The minimum atomic E-state index is -1.13. The number of carboxylic acid groups (broad SMARTS) is 1. The average Bonchev–Trinajstić information content (AvgIpc) is 2.90. The van der Waals surface area contributed by atoms with Gasteiger partial charge in [-0.2, -0.15) is 0 Å². The molecule has 1 heterocycles. The third kappa shape index (κ3) is 3.46. The summed E-state index contributed by atoms with van der Waals surface area (Å²) in [5.74, 6) is -1.22. The predicted molar refractivity (Wildman–Crippen MR) is 77.9 cm³/mol. The Balaban J connectivity index is 2.96. The lowest BCUT2D eigenvalue weighted by Crippen LogP contribution is -2.57. The van der Waals surface area contributed by atoms with Crippen molar-refractivity contribution in [3.05, 3.63) is 0 Å². The summed E-state index contributed by atoms with van der Waals surface area (Å²) in [6.45, 7) is 4.51. The minimum absolute atomic E-state index is 0.0426. The van der Waals surface area contributed by atoms with E-state index in [1.807, 2.05) is 6.92 Å². The molecule has 3 amide bonds. The molecule has 120 valence electrons. The van der Waals surface area contributed by atoms with E-state index in [-0.39, 0.29) is 18.5 Å². The van der Waals surface area contributed by atoms with Gasteiger partial charge < -0.3 is 20.2 Å². The Morgan fingerprint density at radius 3 is 2.48 bits per heavy atom. The Labute approximate surface area is 125 Å². The Morgan fingerprint density at radius 1 is 1.33 bits per heavy atom. The number of likely N-dealkylation sites (tertiary alicyclic amines) is 1. The molecule has 1 aliphatic heterocycles. The van der Waals surface area contributed by atoms with E-state index in [4.69, 9.17) is 0 Å². The molecule has 0 aromatic carbocycles. The molecule has 21 heavy (non-hydrogen) atoms. The zero-order valence-corrected chi connectivity index (χ0v) is 13.0. The maximum absolute atomic E-state index is 12.7. The van der Waals surface area contributed by atoms with Gasteiger partial charge in [-0.1, -0.05) is 13.8 Å². The fraction of sp³-hybridized carbons (Fsp3) is 0.786. The number of hydrogen-bond donors (Lipinski definition) is 2. The summed E-state index contributed by atoms with van der Waals surface area (Å²) in [5, 5.41) is 12.0. The van der Waals surface area contributed by atoms with Crippen molar-refractivity contribution >= 4 is 17.9 Å². The number of rotatable bonds is 6. The Bertz CT molecular complexity index is 413. The van der Waals surface area contributed by atoms with Gasteiger partial charge >= 0.3 is 12.0 Å². The lowest BCUT2D eigenvalue weighted by molar-refractivity contribution is -0.148. The minimum Gasteiger partial charge on any atom is -0.479 e. The number of nitrogens with zero attached hydrogens (tertiary/aromatic N) is 2. The van der Waals surface area contributed by atoms with Crippen LogP contribution in [-0.2, 0) is 9.59 Å². The van der Waals surface area contributed by atoms with Crippen LogP contribution in [0.5, 0.6) is 0 Å². The Kier molecular flexibility index (Phi) is 5.99. The molecule has 1 rings (SSSR count). The van der Waals surface area contributed by atoms with E-state index < -0.39 is 11.5 Å². The van der Waals surface area contributed by atoms with E-state index in [1.165, 1.54) is 16.8 Å². The van der Waals surface area contributed by atoms with Gasteiger partial charge in [0.15, 0.2) is 0 Å². The number of aliphatic carboxylic acids is 1. The van der Waals surface area contributed by atoms with E-state index in [2.05, 4.69) is 5.32 Å². The van der Waals surface area contributed by atoms with Crippen LogP contribution in [0.15, 0.2) is 0 Å². The summed E-state index contributed by atoms with van der Waals surface area (Å²) in [6, 6.07) is -0.359. The highest BCUT2D eigenvalue weighted by Gasteiger charge is 2.49. The molecule has 0 aromatic heterocycles. The summed E-state index contributed by atoms with van der Waals surface area (Å²) in [4.78, 5) is 38.7. The molecule has 0 aromatic rings. The molecule has 1 atom stereocenters. The maximum atomic E-state index is 12.7. The number of urea groups is 1. The molecular formula is C14H25N3O4. The first-order valence-corrected chi connectivity index (χ1v) is 7.43. The van der Waals surface area contributed by atoms with E-state index >= 15 is 0 Å². The van der Waals surface area contributed by atoms with E-state index in [0.717, 1.165) is 0 Å². The lowest BCUT2D eigenvalue weighted by atomic mass is 9.93. The first-order valence-electron chi connectivity index (χ1n) is 7.43. The van der Waals surface area contributed by atoms with Crippen molar-refractivity contribution in [1.29, 1.82) is 0 Å². The fourth-order valence-corrected chi connectivity index (χ4v) is 2.83. The molecule has 7 heteroatoms. The number of carbonyl (C=O) groups excluding carboxylic acids is 2. The molecule has 1 fully saturated rings. The molecule has 1 saturated heterocycles. The molecule has 0 aliphatic carbocycles. The summed E-state index contributed by atoms with van der Waals surface area (Å²) in [7, 11) is 1.51. The number of carboxylic acids is 1. The largest absolute Gasteiger partial charge is 0.479 e. The summed E-state index contributed by atoms with van der Waals surface area (Å²) in [5.41, 5.74) is -1.13. The van der Waals surface area contributed by atoms with Gasteiger partial charge in [-0.3, -0.25) is 4.79 Å². The quantitative estimate of drug-likeness (QED) is 0.762. The van der Waals surface area contributed by atoms with Gasteiger partial charge in [0.1, 0.15) is 12.1 Å². The van der Waals surface area contributed by atoms with Crippen LogP contribution in [0.4, 0.5) is 4.79 Å². The number of likely N-dealkylation sites (N-methyl/N-ethyl adjacent to an activating group) is 1. The molecule has 0 spiro atoms. The first-order chi connectivity index (χ1) is 9.92. The second-order valence-electron chi connectivity index (χ2n) is 5.32. The highest BCUT2D eigenvalue weighted by Crippen LogP contribution is 2.33. The highest BCUT2D eigenvalue weighted by atomic mass is 16.4. The second kappa shape index (κ2) is 7.28. The third-order valence-electron chi connectivity index (χ3n) is 4.08. The lowest BCUT2D eigenvalue weighted by Gasteiger charge is -2.37. The van der Waals surface area contributed by atoms with Crippen molar-refractivity contribution < 1.29 is 19.5 Å². The summed E-state index contributed by atoms with van der Waals surface area (Å²) in [6.07, 6.45) is 2.22. The first kappa shape index (κ1) is 17.3. The Morgan fingerprint density at radius 2 is 2.00 bits per heavy atom. The average molecular weight is 299 g/mol. The van der Waals surface area contributed by atoms with Crippen LogP contribution >= 0.6 is 0 Å². The standard InChI is InChI=1S/C14H25N3O4/c1-4-8-16(10-11(18)15-3)13(21)17-9-6-7-14(17,5-2)12(19)20/h4-10H2,1-3H3,(H,15,18)(H,19,20). The van der Waals surface area contributed by atoms with E-state index in [0.29, 0.717) is 38.8 Å². The maximum Gasteiger partial charge on any atom is 0.329 e. The zero-order chi connectivity index (χ0) is 16.0. The third-order valence-corrected chi connectivity index (χ3v) is 4.08. The molecule has 1 unspecified atom stereocenters. The van der Waals surface area contributed by atoms with Crippen LogP contribution in [0.2, 0.25) is 0 Å². The molecule has 2 N–H and O–H groups in total. The van der Waals surface area contributed by atoms with Gasteiger partial charge in [0.25, 0.3) is 0 Å². The highest BCUT2D eigenvalue weighted by molar-refractivity contribution is 5.89. The van der Waals surface area contributed by atoms with Gasteiger partial charge in [0.05, 0.1) is 0 Å². The van der Waals surface area contributed by atoms with Crippen LogP contribution in [-0.4, -0.2) is 65.0 Å². The monoisotopic (exact) mass is 299 g/mol. The SMILES string of the molecule is CCCN(CC(=O)NC)C(=O)N1CCCC1(CC)C(=O)O. The van der Waals surface area contributed by atoms with E-state index in [9.17, 15) is 19.5 Å². The smallest absolute Gasteiger partial charge is 0.329 e. The van der Waals surface area contributed by atoms with Crippen LogP contribution in [0.25, 0.3) is 0 Å². The van der Waals surface area contributed by atoms with Gasteiger partial charge in [0.2, 0.25) is 5.91 Å². The summed E-state index contributed by atoms with van der Waals surface area (Å²) >= 11 is 0. The zero-order valence-electron chi connectivity index (χ0n) is 13.0. The van der Waals surface area contributed by atoms with Crippen molar-refractivity contribution in [3.63, 3.8) is 0 Å². The van der Waals surface area contributed by atoms with Crippen LogP contribution in [0.1, 0.15) is 39.5 Å². The van der Waals surface area contributed by atoms with Crippen molar-refractivity contribution in [2.45, 2.75) is 45.1 Å². The Hall–Kier alpha value is -1.79. The normalized spacial score (nSPS) is 21.2. The number of nitrogens with one attached hydrogen (secondary N) is 1. The van der Waals surface area contributed by atoms with Crippen molar-refractivity contribution in [2.24, 2.45) is 0 Å². The fourth-order valence-electron chi connectivity index (χ4n) is 2.83. The summed E-state index contributed by atoms with van der Waals surface area (Å²) < 4.78 is 0. The van der Waals surface area contributed by atoms with Crippen molar-refractivity contribution in [3.8, 4) is 0 Å². The molecule has 7 nitrogen and oxygen atoms in total. The molecule has 0 saturated carbocycles. The van der Waals surface area contributed by atoms with Gasteiger partial charge in [-0.05, 0) is 25.7 Å². The van der Waals surface area contributed by atoms with Crippen LogP contribution < -0.4 is 5.32 Å². The van der Waals surface area contributed by atoms with Crippen LogP contribution in [0, 0.1) is 0 Å². The topological polar surface area (TPSA) is 90.0 Å². The van der Waals surface area contributed by atoms with E-state index in [1.54, 1.807) is 6.92 Å². The molecule has 0 bridgehead atoms. The number of hydrogen-bond acceptors (Lipinski definition) is 3. The second-order valence-corrected chi connectivity index (χ2v) is 5.32. The van der Waals surface area contributed by atoms with Gasteiger partial charge in [-0.25, -0.2) is 9.59 Å². The van der Waals surface area contributed by atoms with Gasteiger partial charge in [-0.15, -0.1) is 0 Å².